The van der Waals surface area contributed by atoms with E-state index in [0.29, 0.717) is 12.1 Å². The Kier molecular flexibility index (Phi) is 3.98. The average molecular weight is 304 g/mol. The molecule has 0 radical (unpaired) electrons. The van der Waals surface area contributed by atoms with Gasteiger partial charge < -0.3 is 5.32 Å². The molecule has 1 amide bonds. The lowest BCUT2D eigenvalue weighted by molar-refractivity contribution is -0.124. The maximum absolute atomic E-state index is 14.0. The van der Waals surface area contributed by atoms with E-state index in [-0.39, 0.29) is 17.3 Å². The molecule has 1 heterocycles. The number of carbonyl (C=O) groups is 1. The summed E-state index contributed by atoms with van der Waals surface area (Å²) in [5, 5.41) is 3.08. The zero-order valence-corrected chi connectivity index (χ0v) is 13.5. The second-order valence-electron chi connectivity index (χ2n) is 7.25. The molecule has 2 fully saturated rings. The summed E-state index contributed by atoms with van der Waals surface area (Å²) < 4.78 is 14.0. The number of rotatable bonds is 5. The van der Waals surface area contributed by atoms with E-state index < -0.39 is 5.41 Å². The summed E-state index contributed by atoms with van der Waals surface area (Å²) in [6.45, 7) is 7.15. The minimum Gasteiger partial charge on any atom is -0.353 e. The average Bonchev–Trinajstić information content (AvgIpc) is 3.10. The number of nitrogens with one attached hydrogen (secondary N) is 1. The molecule has 0 atom stereocenters. The summed E-state index contributed by atoms with van der Waals surface area (Å²) in [5.74, 6) is -0.293. The van der Waals surface area contributed by atoms with Crippen LogP contribution in [0.15, 0.2) is 24.3 Å². The highest BCUT2D eigenvalue weighted by Gasteiger charge is 2.52. The van der Waals surface area contributed by atoms with Crippen molar-refractivity contribution in [3.63, 3.8) is 0 Å². The molecular weight excluding hydrogens is 279 g/mol. The zero-order chi connectivity index (χ0) is 15.8. The van der Waals surface area contributed by atoms with Gasteiger partial charge in [0.25, 0.3) is 0 Å². The van der Waals surface area contributed by atoms with Gasteiger partial charge in [-0.3, -0.25) is 9.69 Å². The smallest absolute Gasteiger partial charge is 0.230 e. The Balaban J connectivity index is 1.66. The highest BCUT2D eigenvalue weighted by molar-refractivity contribution is 5.91. The summed E-state index contributed by atoms with van der Waals surface area (Å²) in [6, 6.07) is 6.66. The summed E-state index contributed by atoms with van der Waals surface area (Å²) in [6.07, 6.45) is 3.95. The number of nitrogens with zero attached hydrogens (tertiary/aromatic N) is 1. The summed E-state index contributed by atoms with van der Waals surface area (Å²) in [7, 11) is 0. The number of hydrogen-bond acceptors (Lipinski definition) is 2. The minimum absolute atomic E-state index is 0.0233. The number of carbonyl (C=O) groups excluding carboxylic acids is 1. The van der Waals surface area contributed by atoms with Gasteiger partial charge in [0.15, 0.2) is 0 Å². The van der Waals surface area contributed by atoms with E-state index in [4.69, 9.17) is 0 Å². The van der Waals surface area contributed by atoms with Crippen LogP contribution in [0.5, 0.6) is 0 Å². The van der Waals surface area contributed by atoms with Crippen molar-refractivity contribution in [1.29, 1.82) is 0 Å². The molecule has 0 unspecified atom stereocenters. The Morgan fingerprint density at radius 3 is 2.50 bits per heavy atom. The molecule has 1 saturated heterocycles. The molecule has 3 rings (SSSR count). The first-order valence-electron chi connectivity index (χ1n) is 8.24. The van der Waals surface area contributed by atoms with Crippen LogP contribution >= 0.6 is 0 Å². The van der Waals surface area contributed by atoms with Crippen molar-refractivity contribution in [3.05, 3.63) is 35.6 Å². The molecule has 2 aliphatic rings. The van der Waals surface area contributed by atoms with Crippen LogP contribution in [0.25, 0.3) is 0 Å². The predicted molar refractivity (Wildman–Crippen MR) is 85.2 cm³/mol. The van der Waals surface area contributed by atoms with E-state index in [1.165, 1.54) is 18.9 Å². The quantitative estimate of drug-likeness (QED) is 0.907. The van der Waals surface area contributed by atoms with E-state index in [9.17, 15) is 9.18 Å². The van der Waals surface area contributed by atoms with Crippen LogP contribution in [0, 0.1) is 5.82 Å². The predicted octanol–water partition coefficient (Wildman–Crippen LogP) is 2.85. The Bertz CT molecular complexity index is 560. The first kappa shape index (κ1) is 15.5. The molecule has 4 heteroatoms. The normalized spacial score (nSPS) is 20.9. The van der Waals surface area contributed by atoms with E-state index in [0.717, 1.165) is 25.9 Å². The summed E-state index contributed by atoms with van der Waals surface area (Å²) >= 11 is 0. The third-order valence-electron chi connectivity index (χ3n) is 5.22. The molecule has 120 valence electrons. The molecule has 0 aromatic heterocycles. The molecule has 0 spiro atoms. The van der Waals surface area contributed by atoms with Crippen LogP contribution in [-0.2, 0) is 10.2 Å². The lowest BCUT2D eigenvalue weighted by Crippen LogP contribution is -2.52. The molecule has 0 bridgehead atoms. The van der Waals surface area contributed by atoms with Gasteiger partial charge in [-0.05, 0) is 58.7 Å². The van der Waals surface area contributed by atoms with Crippen molar-refractivity contribution in [1.82, 2.24) is 10.2 Å². The topological polar surface area (TPSA) is 32.3 Å². The molecule has 1 aromatic rings. The van der Waals surface area contributed by atoms with E-state index in [1.54, 1.807) is 18.2 Å². The van der Waals surface area contributed by atoms with Crippen molar-refractivity contribution >= 4 is 5.91 Å². The third kappa shape index (κ3) is 2.76. The molecule has 1 aromatic carbocycles. The second kappa shape index (κ2) is 5.65. The van der Waals surface area contributed by atoms with Crippen molar-refractivity contribution < 1.29 is 9.18 Å². The lowest BCUT2D eigenvalue weighted by Gasteiger charge is -2.36. The number of halogens is 1. The van der Waals surface area contributed by atoms with Crippen molar-refractivity contribution in [2.45, 2.75) is 50.5 Å². The molecule has 1 aliphatic heterocycles. The zero-order valence-electron chi connectivity index (χ0n) is 13.5. The molecule has 1 saturated carbocycles. The van der Waals surface area contributed by atoms with Gasteiger partial charge in [-0.15, -0.1) is 0 Å². The molecule has 22 heavy (non-hydrogen) atoms. The van der Waals surface area contributed by atoms with Crippen LogP contribution < -0.4 is 5.32 Å². The number of hydrogen-bond donors (Lipinski definition) is 1. The summed E-state index contributed by atoms with van der Waals surface area (Å²) in [5.41, 5.74) is -0.129. The van der Waals surface area contributed by atoms with E-state index in [2.05, 4.69) is 24.1 Å². The maximum Gasteiger partial charge on any atom is 0.230 e. The van der Waals surface area contributed by atoms with Crippen molar-refractivity contribution in [3.8, 4) is 0 Å². The van der Waals surface area contributed by atoms with Gasteiger partial charge in [0, 0.05) is 17.6 Å². The third-order valence-corrected chi connectivity index (χ3v) is 5.22. The standard InChI is InChI=1S/C18H25FN2O/c1-17(2,21-11-5-6-12-21)13-20-16(22)18(9-10-18)14-7-3-4-8-15(14)19/h3-4,7-8H,5-6,9-13H2,1-2H3,(H,20,22). The van der Waals surface area contributed by atoms with Gasteiger partial charge in [0.1, 0.15) is 5.82 Å². The minimum atomic E-state index is -0.633. The number of amides is 1. The van der Waals surface area contributed by atoms with E-state index >= 15 is 0 Å². The van der Waals surface area contributed by atoms with Crippen molar-refractivity contribution in [2.75, 3.05) is 19.6 Å². The summed E-state index contributed by atoms with van der Waals surface area (Å²) in [4.78, 5) is 15.1. The number of likely N-dealkylation sites (tertiary alicyclic amines) is 1. The first-order valence-corrected chi connectivity index (χ1v) is 8.24. The second-order valence-corrected chi connectivity index (χ2v) is 7.25. The van der Waals surface area contributed by atoms with Gasteiger partial charge in [0.05, 0.1) is 5.41 Å². The monoisotopic (exact) mass is 304 g/mol. The fraction of sp³-hybridized carbons (Fsp3) is 0.611. The molecule has 3 nitrogen and oxygen atoms in total. The van der Waals surface area contributed by atoms with Crippen LogP contribution in [-0.4, -0.2) is 36.0 Å². The van der Waals surface area contributed by atoms with Crippen LogP contribution in [0.3, 0.4) is 0 Å². The van der Waals surface area contributed by atoms with Crippen LogP contribution in [0.2, 0.25) is 0 Å². The SMILES string of the molecule is CC(C)(CNC(=O)C1(c2ccccc2F)CC1)N1CCCC1. The largest absolute Gasteiger partial charge is 0.353 e. The Labute approximate surface area is 131 Å². The highest BCUT2D eigenvalue weighted by atomic mass is 19.1. The lowest BCUT2D eigenvalue weighted by atomic mass is 9.93. The highest BCUT2D eigenvalue weighted by Crippen LogP contribution is 2.49. The van der Waals surface area contributed by atoms with Crippen LogP contribution in [0.4, 0.5) is 4.39 Å². The first-order chi connectivity index (χ1) is 10.5. The van der Waals surface area contributed by atoms with Gasteiger partial charge in [-0.2, -0.15) is 0 Å². The molecule has 1 aliphatic carbocycles. The molecule has 1 N–H and O–H groups in total. The Hall–Kier alpha value is -1.42. The van der Waals surface area contributed by atoms with E-state index in [1.807, 2.05) is 0 Å². The Morgan fingerprint density at radius 1 is 1.27 bits per heavy atom. The fourth-order valence-electron chi connectivity index (χ4n) is 3.49. The Morgan fingerprint density at radius 2 is 1.91 bits per heavy atom. The maximum atomic E-state index is 14.0. The van der Waals surface area contributed by atoms with Gasteiger partial charge in [0.2, 0.25) is 5.91 Å². The van der Waals surface area contributed by atoms with Crippen molar-refractivity contribution in [2.24, 2.45) is 0 Å². The van der Waals surface area contributed by atoms with Gasteiger partial charge in [-0.25, -0.2) is 4.39 Å². The fourth-order valence-corrected chi connectivity index (χ4v) is 3.49. The van der Waals surface area contributed by atoms with Gasteiger partial charge in [-0.1, -0.05) is 18.2 Å². The molecular formula is C18H25FN2O. The van der Waals surface area contributed by atoms with Gasteiger partial charge >= 0.3 is 0 Å². The van der Waals surface area contributed by atoms with Crippen LogP contribution in [0.1, 0.15) is 45.1 Å². The number of benzene rings is 1.